The van der Waals surface area contributed by atoms with Crippen molar-refractivity contribution in [3.05, 3.63) is 46.6 Å². The molecule has 0 bridgehead atoms. The number of sulfonamides is 1. The quantitative estimate of drug-likeness (QED) is 0.795. The number of nitrogens with zero attached hydrogens (tertiary/aromatic N) is 3. The van der Waals surface area contributed by atoms with E-state index in [0.29, 0.717) is 5.65 Å². The van der Waals surface area contributed by atoms with Gasteiger partial charge in [0.1, 0.15) is 16.7 Å². The van der Waals surface area contributed by atoms with Gasteiger partial charge >= 0.3 is 0 Å². The monoisotopic (exact) mass is 338 g/mol. The van der Waals surface area contributed by atoms with Gasteiger partial charge in [0.2, 0.25) is 0 Å². The number of imidazole rings is 1. The molecule has 0 saturated heterocycles. The Kier molecular flexibility index (Phi) is 3.33. The molecule has 0 amide bonds. The summed E-state index contributed by atoms with van der Waals surface area (Å²) in [5.74, 6) is 0. The average molecular weight is 339 g/mol. The number of hydrogen-bond acceptors (Lipinski definition) is 5. The number of hydrogen-bond donors (Lipinski definition) is 1. The standard InChI is InChI=1S/C12H7ClN4O2S2/c13-10-12(17-5-2-1-3-9(17)15-10)21(18,19)16-11-8(7-14)4-6-20-11/h1-6,16H. The van der Waals surface area contributed by atoms with Crippen LogP contribution in [0.3, 0.4) is 0 Å². The fourth-order valence-corrected chi connectivity index (χ4v) is 4.55. The molecule has 0 aromatic carbocycles. The maximum Gasteiger partial charge on any atom is 0.281 e. The summed E-state index contributed by atoms with van der Waals surface area (Å²) in [5.41, 5.74) is 0.683. The maximum atomic E-state index is 12.5. The van der Waals surface area contributed by atoms with Crippen molar-refractivity contribution in [2.45, 2.75) is 5.03 Å². The summed E-state index contributed by atoms with van der Waals surface area (Å²) in [6, 6.07) is 8.52. The number of fused-ring (bicyclic) bond motifs is 1. The van der Waals surface area contributed by atoms with E-state index in [1.807, 2.05) is 6.07 Å². The largest absolute Gasteiger partial charge is 0.288 e. The van der Waals surface area contributed by atoms with E-state index in [-0.39, 0.29) is 20.7 Å². The first-order valence-electron chi connectivity index (χ1n) is 5.66. The molecule has 9 heteroatoms. The van der Waals surface area contributed by atoms with Gasteiger partial charge in [-0.1, -0.05) is 17.7 Å². The average Bonchev–Trinajstić information content (AvgIpc) is 3.00. The summed E-state index contributed by atoms with van der Waals surface area (Å²) >= 11 is 7.08. The Labute approximate surface area is 129 Å². The smallest absolute Gasteiger partial charge is 0.281 e. The lowest BCUT2D eigenvalue weighted by Crippen LogP contribution is -2.15. The van der Waals surface area contributed by atoms with Gasteiger partial charge < -0.3 is 0 Å². The van der Waals surface area contributed by atoms with Crippen molar-refractivity contribution in [2.24, 2.45) is 0 Å². The van der Waals surface area contributed by atoms with Crippen LogP contribution in [0.25, 0.3) is 5.65 Å². The first kappa shape index (κ1) is 13.9. The second-order valence-corrected chi connectivity index (χ2v) is 6.89. The molecule has 6 nitrogen and oxygen atoms in total. The molecule has 0 aliphatic carbocycles. The number of nitrogens with one attached hydrogen (secondary N) is 1. The summed E-state index contributed by atoms with van der Waals surface area (Å²) in [4.78, 5) is 4.00. The van der Waals surface area contributed by atoms with Crippen LogP contribution in [-0.2, 0) is 10.0 Å². The van der Waals surface area contributed by atoms with Crippen LogP contribution in [-0.4, -0.2) is 17.8 Å². The highest BCUT2D eigenvalue weighted by Gasteiger charge is 2.25. The molecule has 0 atom stereocenters. The van der Waals surface area contributed by atoms with Crippen LogP contribution in [0.15, 0.2) is 40.9 Å². The molecule has 0 saturated carbocycles. The molecule has 0 fully saturated rings. The number of anilines is 1. The fourth-order valence-electron chi connectivity index (χ4n) is 1.83. The van der Waals surface area contributed by atoms with Crippen molar-refractivity contribution in [1.82, 2.24) is 9.38 Å². The Balaban J connectivity index is 2.13. The highest BCUT2D eigenvalue weighted by Crippen LogP contribution is 2.28. The molecular formula is C12H7ClN4O2S2. The van der Waals surface area contributed by atoms with Crippen molar-refractivity contribution < 1.29 is 8.42 Å². The third-order valence-corrected chi connectivity index (χ3v) is 5.42. The minimum atomic E-state index is -3.95. The summed E-state index contributed by atoms with van der Waals surface area (Å²) in [7, 11) is -3.95. The minimum absolute atomic E-state index is 0.122. The summed E-state index contributed by atoms with van der Waals surface area (Å²) in [6.07, 6.45) is 1.56. The number of pyridine rings is 1. The van der Waals surface area contributed by atoms with Gasteiger partial charge in [0, 0.05) is 6.20 Å². The maximum absolute atomic E-state index is 12.5. The van der Waals surface area contributed by atoms with Crippen LogP contribution in [0.5, 0.6) is 0 Å². The Morgan fingerprint density at radius 3 is 2.95 bits per heavy atom. The first-order chi connectivity index (χ1) is 10.0. The molecule has 3 heterocycles. The Morgan fingerprint density at radius 1 is 1.38 bits per heavy atom. The van der Waals surface area contributed by atoms with Gasteiger partial charge in [-0.3, -0.25) is 9.12 Å². The van der Waals surface area contributed by atoms with E-state index < -0.39 is 10.0 Å². The van der Waals surface area contributed by atoms with Gasteiger partial charge in [-0.05, 0) is 23.6 Å². The number of nitriles is 1. The van der Waals surface area contributed by atoms with E-state index in [0.717, 1.165) is 11.3 Å². The summed E-state index contributed by atoms with van der Waals surface area (Å²) in [6.45, 7) is 0. The molecule has 0 radical (unpaired) electrons. The second-order valence-electron chi connectivity index (χ2n) is 4.02. The zero-order chi connectivity index (χ0) is 15.0. The Hall–Kier alpha value is -2.08. The van der Waals surface area contributed by atoms with Crippen LogP contribution in [0, 0.1) is 11.3 Å². The molecule has 0 spiro atoms. The van der Waals surface area contributed by atoms with Gasteiger partial charge in [-0.2, -0.15) is 13.7 Å². The molecule has 0 aliphatic heterocycles. The molecule has 1 N–H and O–H groups in total. The van der Waals surface area contributed by atoms with E-state index >= 15 is 0 Å². The lowest BCUT2D eigenvalue weighted by molar-refractivity contribution is 0.596. The number of halogens is 1. The van der Waals surface area contributed by atoms with Gasteiger partial charge in [-0.25, -0.2) is 4.98 Å². The minimum Gasteiger partial charge on any atom is -0.288 e. The van der Waals surface area contributed by atoms with Crippen LogP contribution < -0.4 is 4.72 Å². The van der Waals surface area contributed by atoms with Crippen LogP contribution in [0.4, 0.5) is 5.00 Å². The van der Waals surface area contributed by atoms with Gasteiger partial charge in [0.05, 0.1) is 5.56 Å². The lowest BCUT2D eigenvalue weighted by atomic mass is 10.4. The number of aromatic nitrogens is 2. The van der Waals surface area contributed by atoms with Crippen LogP contribution >= 0.6 is 22.9 Å². The molecule has 3 rings (SSSR count). The SMILES string of the molecule is N#Cc1ccsc1NS(=O)(=O)c1c(Cl)nc2ccccn12. The van der Waals surface area contributed by atoms with Crippen molar-refractivity contribution in [3.63, 3.8) is 0 Å². The predicted octanol–water partition coefficient (Wildman–Crippen LogP) is 2.72. The number of rotatable bonds is 3. The Bertz CT molecular complexity index is 969. The molecular weight excluding hydrogens is 332 g/mol. The first-order valence-corrected chi connectivity index (χ1v) is 8.40. The van der Waals surface area contributed by atoms with E-state index in [1.54, 1.807) is 35.8 Å². The molecule has 3 aromatic heterocycles. The summed E-state index contributed by atoms with van der Waals surface area (Å²) in [5, 5.41) is 10.5. The lowest BCUT2D eigenvalue weighted by Gasteiger charge is -2.06. The highest BCUT2D eigenvalue weighted by atomic mass is 35.5. The number of thiophene rings is 1. The van der Waals surface area contributed by atoms with Crippen molar-refractivity contribution >= 4 is 43.6 Å². The molecule has 0 aliphatic rings. The molecule has 0 unspecified atom stereocenters. The van der Waals surface area contributed by atoms with Gasteiger partial charge in [0.25, 0.3) is 10.0 Å². The normalized spacial score (nSPS) is 11.4. The fraction of sp³-hybridized carbons (Fsp3) is 0. The van der Waals surface area contributed by atoms with E-state index in [1.165, 1.54) is 4.40 Å². The topological polar surface area (TPSA) is 87.3 Å². The summed E-state index contributed by atoms with van der Waals surface area (Å²) < 4.78 is 28.8. The van der Waals surface area contributed by atoms with Crippen molar-refractivity contribution in [3.8, 4) is 6.07 Å². The third kappa shape index (κ3) is 2.35. The Morgan fingerprint density at radius 2 is 2.19 bits per heavy atom. The zero-order valence-corrected chi connectivity index (χ0v) is 12.7. The van der Waals surface area contributed by atoms with Crippen LogP contribution in [0.1, 0.15) is 5.56 Å². The van der Waals surface area contributed by atoms with E-state index in [2.05, 4.69) is 9.71 Å². The second kappa shape index (κ2) is 5.04. The highest BCUT2D eigenvalue weighted by molar-refractivity contribution is 7.93. The molecule has 106 valence electrons. The molecule has 21 heavy (non-hydrogen) atoms. The van der Waals surface area contributed by atoms with Crippen molar-refractivity contribution in [2.75, 3.05) is 4.72 Å². The predicted molar refractivity (Wildman–Crippen MR) is 80.0 cm³/mol. The van der Waals surface area contributed by atoms with Crippen LogP contribution in [0.2, 0.25) is 5.15 Å². The van der Waals surface area contributed by atoms with Gasteiger partial charge in [-0.15, -0.1) is 11.3 Å². The molecule has 3 aromatic rings. The third-order valence-electron chi connectivity index (χ3n) is 2.71. The van der Waals surface area contributed by atoms with E-state index in [9.17, 15) is 8.42 Å². The van der Waals surface area contributed by atoms with Crippen molar-refractivity contribution in [1.29, 1.82) is 5.26 Å². The van der Waals surface area contributed by atoms with Gasteiger partial charge in [0.15, 0.2) is 10.2 Å². The zero-order valence-electron chi connectivity index (χ0n) is 10.3. The van der Waals surface area contributed by atoms with E-state index in [4.69, 9.17) is 16.9 Å².